The molecule has 1 saturated heterocycles. The average Bonchev–Trinajstić information content (AvgIpc) is 2.14. The van der Waals surface area contributed by atoms with Crippen molar-refractivity contribution in [3.63, 3.8) is 0 Å². The fraction of sp³-hybridized carbons (Fsp3) is 0.333. The summed E-state index contributed by atoms with van der Waals surface area (Å²) in [5.74, 6) is 0.683. The maximum absolute atomic E-state index is 11.3. The molecule has 0 N–H and O–H groups in total. The molecule has 0 aromatic rings. The second-order valence-corrected chi connectivity index (χ2v) is 3.94. The molecule has 0 radical (unpaired) electrons. The number of carbonyl (C=O) groups is 2. The molecule has 5 nitrogen and oxygen atoms in total. The highest BCUT2D eigenvalue weighted by Gasteiger charge is 2.28. The van der Waals surface area contributed by atoms with Crippen LogP contribution in [0.15, 0.2) is 22.2 Å². The van der Waals surface area contributed by atoms with Gasteiger partial charge in [-0.3, -0.25) is 14.5 Å². The Balaban J connectivity index is 2.63. The SMILES string of the molecule is CN1CC(=O)OB(/C=C\C=C/I)OC(=O)C1. The molecular formula is C9H11BINO4. The number of hydrogen-bond acceptors (Lipinski definition) is 5. The van der Waals surface area contributed by atoms with E-state index in [0.29, 0.717) is 0 Å². The Labute approximate surface area is 108 Å². The van der Waals surface area contributed by atoms with Gasteiger partial charge in [-0.1, -0.05) is 34.7 Å². The summed E-state index contributed by atoms with van der Waals surface area (Å²) in [5, 5.41) is 0. The number of allylic oxidation sites excluding steroid dienone is 2. The molecule has 1 heterocycles. The maximum atomic E-state index is 11.3. The molecule has 7 heteroatoms. The molecule has 0 bridgehead atoms. The Hall–Kier alpha value is -0.825. The Morgan fingerprint density at radius 2 is 1.81 bits per heavy atom. The topological polar surface area (TPSA) is 55.8 Å². The van der Waals surface area contributed by atoms with E-state index in [4.69, 9.17) is 9.31 Å². The highest BCUT2D eigenvalue weighted by molar-refractivity contribution is 14.1. The van der Waals surface area contributed by atoms with Crippen LogP contribution in [0.25, 0.3) is 0 Å². The van der Waals surface area contributed by atoms with Gasteiger partial charge in [-0.15, -0.1) is 0 Å². The van der Waals surface area contributed by atoms with Crippen molar-refractivity contribution < 1.29 is 18.9 Å². The van der Waals surface area contributed by atoms with Crippen LogP contribution in [0.3, 0.4) is 0 Å². The van der Waals surface area contributed by atoms with Gasteiger partial charge in [-0.05, 0) is 17.1 Å². The van der Waals surface area contributed by atoms with Gasteiger partial charge in [0.2, 0.25) is 0 Å². The molecule has 86 valence electrons. The smallest absolute Gasteiger partial charge is 0.495 e. The second-order valence-electron chi connectivity index (χ2n) is 3.22. The van der Waals surface area contributed by atoms with Gasteiger partial charge in [-0.25, -0.2) is 0 Å². The van der Waals surface area contributed by atoms with Crippen LogP contribution in [0.4, 0.5) is 0 Å². The maximum Gasteiger partial charge on any atom is 0.628 e. The molecule has 0 saturated carbocycles. The fourth-order valence-corrected chi connectivity index (χ4v) is 1.37. The Morgan fingerprint density at radius 3 is 2.31 bits per heavy atom. The molecule has 0 aromatic carbocycles. The zero-order valence-electron chi connectivity index (χ0n) is 8.76. The minimum atomic E-state index is -0.929. The van der Waals surface area contributed by atoms with Gasteiger partial charge in [0.1, 0.15) is 0 Å². The zero-order chi connectivity index (χ0) is 12.0. The van der Waals surface area contributed by atoms with E-state index in [1.165, 1.54) is 10.9 Å². The third kappa shape index (κ3) is 4.80. The molecule has 16 heavy (non-hydrogen) atoms. The van der Waals surface area contributed by atoms with Gasteiger partial charge >= 0.3 is 19.1 Å². The molecular weight excluding hydrogens is 324 g/mol. The van der Waals surface area contributed by atoms with E-state index in [-0.39, 0.29) is 13.1 Å². The zero-order valence-corrected chi connectivity index (χ0v) is 10.9. The predicted molar refractivity (Wildman–Crippen MR) is 67.7 cm³/mol. The Morgan fingerprint density at radius 1 is 1.25 bits per heavy atom. The summed E-state index contributed by atoms with van der Waals surface area (Å²) in [6.45, 7) is 0.170. The number of hydrogen-bond donors (Lipinski definition) is 0. The van der Waals surface area contributed by atoms with E-state index in [0.717, 1.165) is 0 Å². The molecule has 1 fully saturated rings. The summed E-state index contributed by atoms with van der Waals surface area (Å²) in [5.41, 5.74) is 0. The molecule has 1 aliphatic heterocycles. The van der Waals surface area contributed by atoms with Crippen LogP contribution in [0, 0.1) is 0 Å². The Kier molecular flexibility index (Phi) is 5.54. The highest BCUT2D eigenvalue weighted by atomic mass is 127. The van der Waals surface area contributed by atoms with Crippen molar-refractivity contribution in [1.82, 2.24) is 4.90 Å². The lowest BCUT2D eigenvalue weighted by atomic mass is 9.89. The van der Waals surface area contributed by atoms with Gasteiger partial charge < -0.3 is 9.31 Å². The van der Waals surface area contributed by atoms with Crippen molar-refractivity contribution in [3.8, 4) is 0 Å². The first-order valence-electron chi connectivity index (χ1n) is 4.63. The molecule has 0 spiro atoms. The number of halogens is 1. The van der Waals surface area contributed by atoms with E-state index in [2.05, 4.69) is 22.6 Å². The number of rotatable bonds is 2. The fourth-order valence-electron chi connectivity index (χ4n) is 1.13. The molecule has 0 unspecified atom stereocenters. The summed E-state index contributed by atoms with van der Waals surface area (Å²) < 4.78 is 11.7. The number of nitrogens with zero attached hydrogens (tertiary/aromatic N) is 1. The lowest BCUT2D eigenvalue weighted by Crippen LogP contribution is -2.41. The minimum Gasteiger partial charge on any atom is -0.495 e. The molecule has 0 amide bonds. The summed E-state index contributed by atoms with van der Waals surface area (Å²) in [6.07, 6.45) is 3.40. The van der Waals surface area contributed by atoms with Crippen LogP contribution < -0.4 is 0 Å². The largest absolute Gasteiger partial charge is 0.628 e. The van der Waals surface area contributed by atoms with Gasteiger partial charge in [0, 0.05) is 0 Å². The van der Waals surface area contributed by atoms with Gasteiger partial charge in [-0.2, -0.15) is 0 Å². The second kappa shape index (κ2) is 6.69. The van der Waals surface area contributed by atoms with E-state index in [1.54, 1.807) is 23.3 Å². The molecule has 0 atom stereocenters. The molecule has 0 aliphatic carbocycles. The molecule has 1 aliphatic rings. The van der Waals surface area contributed by atoms with Crippen molar-refractivity contribution >= 4 is 41.6 Å². The first-order valence-corrected chi connectivity index (χ1v) is 5.87. The van der Waals surface area contributed by atoms with E-state index in [1.807, 2.05) is 0 Å². The monoisotopic (exact) mass is 335 g/mol. The van der Waals surface area contributed by atoms with Crippen LogP contribution in [-0.2, 0) is 18.9 Å². The minimum absolute atomic E-state index is 0.0849. The predicted octanol–water partition coefficient (Wildman–Crippen LogP) is 0.550. The van der Waals surface area contributed by atoms with E-state index < -0.39 is 19.1 Å². The molecule has 1 rings (SSSR count). The van der Waals surface area contributed by atoms with E-state index >= 15 is 0 Å². The lowest BCUT2D eigenvalue weighted by Gasteiger charge is -2.20. The van der Waals surface area contributed by atoms with Crippen LogP contribution in [0.2, 0.25) is 0 Å². The van der Waals surface area contributed by atoms with Crippen molar-refractivity contribution in [1.29, 1.82) is 0 Å². The van der Waals surface area contributed by atoms with Crippen molar-refractivity contribution in [2.45, 2.75) is 0 Å². The van der Waals surface area contributed by atoms with Crippen LogP contribution in [0.1, 0.15) is 0 Å². The highest BCUT2D eigenvalue weighted by Crippen LogP contribution is 2.01. The first kappa shape index (κ1) is 13.2. The third-order valence-corrected chi connectivity index (χ3v) is 2.16. The standard InChI is InChI=1S/C9H11BINO4/c1-12-6-8(13)15-10(4-2-3-5-11)16-9(14)7-12/h2-5H,6-7H2,1H3/b4-2-,5-3-. The van der Waals surface area contributed by atoms with E-state index in [9.17, 15) is 9.59 Å². The van der Waals surface area contributed by atoms with Crippen molar-refractivity contribution in [2.24, 2.45) is 0 Å². The Bertz CT molecular complexity index is 311. The van der Waals surface area contributed by atoms with Gasteiger partial charge in [0.15, 0.2) is 0 Å². The van der Waals surface area contributed by atoms with Gasteiger partial charge in [0.25, 0.3) is 0 Å². The van der Waals surface area contributed by atoms with Crippen molar-refractivity contribution in [3.05, 3.63) is 22.2 Å². The van der Waals surface area contributed by atoms with Crippen LogP contribution in [-0.4, -0.2) is 44.1 Å². The van der Waals surface area contributed by atoms with Gasteiger partial charge in [0.05, 0.1) is 13.1 Å². The molecule has 0 aromatic heterocycles. The quantitative estimate of drug-likeness (QED) is 0.419. The van der Waals surface area contributed by atoms with Crippen LogP contribution in [0.5, 0.6) is 0 Å². The number of likely N-dealkylation sites (N-methyl/N-ethyl adjacent to an activating group) is 1. The van der Waals surface area contributed by atoms with Crippen molar-refractivity contribution in [2.75, 3.05) is 20.1 Å². The first-order chi connectivity index (χ1) is 7.61. The number of carbonyl (C=O) groups excluding carboxylic acids is 2. The summed E-state index contributed by atoms with van der Waals surface area (Å²) in [6, 6.07) is 0. The average molecular weight is 335 g/mol. The summed E-state index contributed by atoms with van der Waals surface area (Å²) in [7, 11) is 0.721. The summed E-state index contributed by atoms with van der Waals surface area (Å²) in [4.78, 5) is 24.1. The summed E-state index contributed by atoms with van der Waals surface area (Å²) >= 11 is 2.05. The normalized spacial score (nSPS) is 19.8. The third-order valence-electron chi connectivity index (χ3n) is 1.75. The lowest BCUT2D eigenvalue weighted by molar-refractivity contribution is -0.145. The van der Waals surface area contributed by atoms with Crippen LogP contribution >= 0.6 is 22.6 Å².